The van der Waals surface area contributed by atoms with Crippen LogP contribution in [0.1, 0.15) is 5.69 Å². The van der Waals surface area contributed by atoms with Crippen molar-refractivity contribution >= 4 is 45.1 Å². The van der Waals surface area contributed by atoms with Crippen LogP contribution in [0, 0.1) is 0 Å². The van der Waals surface area contributed by atoms with Gasteiger partial charge in [0.1, 0.15) is 0 Å². The van der Waals surface area contributed by atoms with Gasteiger partial charge in [0.05, 0.1) is 17.2 Å². The number of nitrogens with two attached hydrogens (primary N) is 1. The SMILES string of the molecule is Br.Nc1nc(CCF)c(-c2ccccc2Cl)s1. The van der Waals surface area contributed by atoms with E-state index in [0.717, 1.165) is 10.4 Å². The van der Waals surface area contributed by atoms with E-state index in [0.29, 0.717) is 15.8 Å². The molecule has 0 saturated heterocycles. The van der Waals surface area contributed by atoms with Crippen molar-refractivity contribution in [3.8, 4) is 10.4 Å². The molecule has 0 radical (unpaired) electrons. The monoisotopic (exact) mass is 336 g/mol. The minimum absolute atomic E-state index is 0. The molecule has 0 amide bonds. The number of hydrogen-bond donors (Lipinski definition) is 1. The standard InChI is InChI=1S/C11H10ClFN2S.BrH/c12-8-4-2-1-3-7(8)10-9(5-6-13)15-11(14)16-10;/h1-4H,5-6H2,(H2,14,15);1H. The van der Waals surface area contributed by atoms with E-state index >= 15 is 0 Å². The van der Waals surface area contributed by atoms with Crippen molar-refractivity contribution in [2.75, 3.05) is 12.4 Å². The van der Waals surface area contributed by atoms with Crippen LogP contribution in [0.25, 0.3) is 10.4 Å². The molecule has 6 heteroatoms. The van der Waals surface area contributed by atoms with Crippen LogP contribution in [-0.4, -0.2) is 11.7 Å². The number of aryl methyl sites for hydroxylation is 1. The Balaban J connectivity index is 0.00000144. The molecule has 2 rings (SSSR count). The van der Waals surface area contributed by atoms with Gasteiger partial charge in [-0.05, 0) is 6.07 Å². The van der Waals surface area contributed by atoms with Crippen LogP contribution in [0.3, 0.4) is 0 Å². The van der Waals surface area contributed by atoms with Crippen molar-refractivity contribution in [2.45, 2.75) is 6.42 Å². The van der Waals surface area contributed by atoms with Gasteiger partial charge in [0, 0.05) is 17.0 Å². The van der Waals surface area contributed by atoms with E-state index in [4.69, 9.17) is 17.3 Å². The molecule has 0 aliphatic heterocycles. The van der Waals surface area contributed by atoms with Gasteiger partial charge in [-0.25, -0.2) is 4.98 Å². The highest BCUT2D eigenvalue weighted by atomic mass is 79.9. The highest BCUT2D eigenvalue weighted by Gasteiger charge is 2.13. The molecule has 0 spiro atoms. The van der Waals surface area contributed by atoms with E-state index in [1.54, 1.807) is 6.07 Å². The van der Waals surface area contributed by atoms with Gasteiger partial charge in [-0.3, -0.25) is 4.39 Å². The Morgan fingerprint density at radius 1 is 1.35 bits per heavy atom. The van der Waals surface area contributed by atoms with Gasteiger partial charge < -0.3 is 5.73 Å². The molecular weight excluding hydrogens is 327 g/mol. The van der Waals surface area contributed by atoms with Gasteiger partial charge in [0.25, 0.3) is 0 Å². The van der Waals surface area contributed by atoms with E-state index in [1.165, 1.54) is 11.3 Å². The van der Waals surface area contributed by atoms with Crippen LogP contribution in [0.15, 0.2) is 24.3 Å². The molecule has 92 valence electrons. The number of anilines is 1. The van der Waals surface area contributed by atoms with E-state index < -0.39 is 6.67 Å². The van der Waals surface area contributed by atoms with Gasteiger partial charge in [0.15, 0.2) is 5.13 Å². The second kappa shape index (κ2) is 6.33. The average Bonchev–Trinajstić information content (AvgIpc) is 2.61. The Labute approximate surface area is 118 Å². The minimum atomic E-state index is -0.444. The summed E-state index contributed by atoms with van der Waals surface area (Å²) in [7, 11) is 0. The summed E-state index contributed by atoms with van der Waals surface area (Å²) in [5, 5.41) is 1.07. The molecule has 17 heavy (non-hydrogen) atoms. The largest absolute Gasteiger partial charge is 0.375 e. The molecule has 0 fully saturated rings. The molecule has 1 heterocycles. The fourth-order valence-corrected chi connectivity index (χ4v) is 2.69. The quantitative estimate of drug-likeness (QED) is 0.914. The lowest BCUT2D eigenvalue weighted by Crippen LogP contribution is -1.91. The molecule has 2 nitrogen and oxygen atoms in total. The Morgan fingerprint density at radius 3 is 2.71 bits per heavy atom. The number of nitrogens with zero attached hydrogens (tertiary/aromatic N) is 1. The third kappa shape index (κ3) is 3.18. The maximum absolute atomic E-state index is 12.4. The van der Waals surface area contributed by atoms with Gasteiger partial charge in [0.2, 0.25) is 0 Å². The van der Waals surface area contributed by atoms with Gasteiger partial charge in [-0.1, -0.05) is 41.1 Å². The lowest BCUT2D eigenvalue weighted by molar-refractivity contribution is 0.493. The summed E-state index contributed by atoms with van der Waals surface area (Å²) in [6.07, 6.45) is 0.272. The van der Waals surface area contributed by atoms with E-state index in [9.17, 15) is 4.39 Å². The lowest BCUT2D eigenvalue weighted by atomic mass is 10.1. The van der Waals surface area contributed by atoms with Gasteiger partial charge >= 0.3 is 0 Å². The summed E-state index contributed by atoms with van der Waals surface area (Å²) in [5.41, 5.74) is 7.18. The summed E-state index contributed by atoms with van der Waals surface area (Å²) in [6.45, 7) is -0.444. The van der Waals surface area contributed by atoms with E-state index in [-0.39, 0.29) is 23.4 Å². The van der Waals surface area contributed by atoms with Crippen LogP contribution in [0.4, 0.5) is 9.52 Å². The second-order valence-electron chi connectivity index (χ2n) is 3.25. The number of alkyl halides is 1. The Morgan fingerprint density at radius 2 is 2.06 bits per heavy atom. The minimum Gasteiger partial charge on any atom is -0.375 e. The smallest absolute Gasteiger partial charge is 0.180 e. The fourth-order valence-electron chi connectivity index (χ4n) is 1.48. The first-order chi connectivity index (χ1) is 7.72. The maximum atomic E-state index is 12.4. The Hall–Kier alpha value is -0.650. The number of hydrogen-bond acceptors (Lipinski definition) is 3. The predicted molar refractivity (Wildman–Crippen MR) is 77.0 cm³/mol. The summed E-state index contributed by atoms with van der Waals surface area (Å²) in [5.74, 6) is 0. The highest BCUT2D eigenvalue weighted by Crippen LogP contribution is 2.36. The molecule has 1 aromatic carbocycles. The van der Waals surface area contributed by atoms with Crippen molar-refractivity contribution in [3.05, 3.63) is 35.0 Å². The van der Waals surface area contributed by atoms with Crippen LogP contribution in [0.2, 0.25) is 5.02 Å². The van der Waals surface area contributed by atoms with Crippen LogP contribution in [-0.2, 0) is 6.42 Å². The third-order valence-corrected chi connectivity index (χ3v) is 3.45. The number of halogens is 3. The number of nitrogen functional groups attached to an aromatic ring is 1. The normalized spacial score (nSPS) is 10.0. The number of aromatic nitrogens is 1. The summed E-state index contributed by atoms with van der Waals surface area (Å²) >= 11 is 7.42. The fraction of sp³-hybridized carbons (Fsp3) is 0.182. The highest BCUT2D eigenvalue weighted by molar-refractivity contribution is 8.93. The topological polar surface area (TPSA) is 38.9 Å². The maximum Gasteiger partial charge on any atom is 0.180 e. The molecule has 0 unspecified atom stereocenters. The van der Waals surface area contributed by atoms with Crippen molar-refractivity contribution in [2.24, 2.45) is 0 Å². The molecule has 0 aliphatic rings. The van der Waals surface area contributed by atoms with E-state index in [1.807, 2.05) is 18.2 Å². The third-order valence-electron chi connectivity index (χ3n) is 2.16. The van der Waals surface area contributed by atoms with Gasteiger partial charge in [-0.15, -0.1) is 17.0 Å². The number of rotatable bonds is 3. The predicted octanol–water partition coefficient (Wildman–Crippen LogP) is 4.14. The van der Waals surface area contributed by atoms with Crippen molar-refractivity contribution in [1.29, 1.82) is 0 Å². The number of benzene rings is 1. The van der Waals surface area contributed by atoms with Crippen molar-refractivity contribution in [3.63, 3.8) is 0 Å². The molecule has 0 atom stereocenters. The summed E-state index contributed by atoms with van der Waals surface area (Å²) < 4.78 is 12.4. The second-order valence-corrected chi connectivity index (χ2v) is 4.68. The zero-order valence-corrected chi connectivity index (χ0v) is 12.1. The van der Waals surface area contributed by atoms with Crippen LogP contribution in [0.5, 0.6) is 0 Å². The first kappa shape index (κ1) is 14.4. The summed E-state index contributed by atoms with van der Waals surface area (Å²) in [4.78, 5) is 4.98. The van der Waals surface area contributed by atoms with Crippen LogP contribution >= 0.6 is 39.9 Å². The first-order valence-corrected chi connectivity index (χ1v) is 5.98. The number of thiazole rings is 1. The molecule has 0 bridgehead atoms. The molecule has 0 saturated carbocycles. The first-order valence-electron chi connectivity index (χ1n) is 4.78. The van der Waals surface area contributed by atoms with Crippen molar-refractivity contribution in [1.82, 2.24) is 4.98 Å². The zero-order valence-electron chi connectivity index (χ0n) is 8.82. The lowest BCUT2D eigenvalue weighted by Gasteiger charge is -2.02. The van der Waals surface area contributed by atoms with Crippen LogP contribution < -0.4 is 5.73 Å². The summed E-state index contributed by atoms with van der Waals surface area (Å²) in [6, 6.07) is 7.42. The Kier molecular flexibility index (Phi) is 5.36. The Bertz CT molecular complexity index is 504. The molecule has 2 N–H and O–H groups in total. The van der Waals surface area contributed by atoms with Crippen molar-refractivity contribution < 1.29 is 4.39 Å². The van der Waals surface area contributed by atoms with Gasteiger partial charge in [-0.2, -0.15) is 0 Å². The molecule has 2 aromatic rings. The average molecular weight is 338 g/mol. The molecular formula is C11H11BrClFN2S. The molecule has 1 aromatic heterocycles. The molecule has 0 aliphatic carbocycles. The van der Waals surface area contributed by atoms with E-state index in [2.05, 4.69) is 4.98 Å². The zero-order chi connectivity index (χ0) is 11.5.